The first-order valence-electron chi connectivity index (χ1n) is 4.93. The molecular weight excluding hydrogens is 182 g/mol. The molecule has 2 rings (SSSR count). The fourth-order valence-corrected chi connectivity index (χ4v) is 1.25. The minimum atomic E-state index is 0.131. The monoisotopic (exact) mass is 199 g/mol. The van der Waals surface area contributed by atoms with Crippen molar-refractivity contribution in [3.63, 3.8) is 0 Å². The second-order valence-corrected chi connectivity index (χ2v) is 4.01. The van der Waals surface area contributed by atoms with Gasteiger partial charge in [0, 0.05) is 30.1 Å². The predicted octanol–water partition coefficient (Wildman–Crippen LogP) is 2.13. The molecule has 0 atom stereocenters. The Balaban J connectivity index is 0.000000165. The summed E-state index contributed by atoms with van der Waals surface area (Å²) in [5, 5.41) is 3.47. The van der Waals surface area contributed by atoms with Gasteiger partial charge in [0.15, 0.2) is 0 Å². The summed E-state index contributed by atoms with van der Waals surface area (Å²) in [7, 11) is 0. The van der Waals surface area contributed by atoms with Gasteiger partial charge in [0.25, 0.3) is 0 Å². The van der Waals surface area contributed by atoms with Gasteiger partial charge in [-0.25, -0.2) is 0 Å². The van der Waals surface area contributed by atoms with Gasteiger partial charge in [-0.05, 0) is 18.4 Å². The molecule has 0 amide bonds. The smallest absolute Gasteiger partial charge is 0.0543 e. The Labute approximate surface area is 84.0 Å². The number of hydrogen-bond acceptors (Lipinski definition) is 3. The second kappa shape index (κ2) is 5.86. The maximum absolute atomic E-state index is 7.97. The third kappa shape index (κ3) is 3.96. The van der Waals surface area contributed by atoms with Gasteiger partial charge >= 0.3 is 0 Å². The number of rotatable bonds is 2. The molecule has 0 radical (unpaired) electrons. The lowest BCUT2D eigenvalue weighted by atomic mass is 9.89. The fraction of sp³-hybridized carbons (Fsp3) is 1.00. The van der Waals surface area contributed by atoms with Gasteiger partial charge in [0.2, 0.25) is 0 Å². The SMILES string of the molecule is C1CCOC1.CC1(CN=[N+]=[N-])COC1. The van der Waals surface area contributed by atoms with Gasteiger partial charge < -0.3 is 9.47 Å². The van der Waals surface area contributed by atoms with Crippen molar-refractivity contribution >= 4 is 0 Å². The van der Waals surface area contributed by atoms with Crippen molar-refractivity contribution < 1.29 is 9.47 Å². The molecule has 2 heterocycles. The van der Waals surface area contributed by atoms with Crippen LogP contribution in [0.25, 0.3) is 10.4 Å². The van der Waals surface area contributed by atoms with Crippen LogP contribution >= 0.6 is 0 Å². The van der Waals surface area contributed by atoms with Crippen molar-refractivity contribution in [3.05, 3.63) is 10.4 Å². The largest absolute Gasteiger partial charge is 0.381 e. The molecule has 2 aliphatic rings. The Kier molecular flexibility index (Phi) is 4.73. The van der Waals surface area contributed by atoms with Crippen molar-refractivity contribution in [3.8, 4) is 0 Å². The highest BCUT2D eigenvalue weighted by Crippen LogP contribution is 2.26. The third-order valence-electron chi connectivity index (χ3n) is 2.24. The zero-order valence-corrected chi connectivity index (χ0v) is 8.61. The summed E-state index contributed by atoms with van der Waals surface area (Å²) in [4.78, 5) is 2.67. The average molecular weight is 199 g/mol. The highest BCUT2D eigenvalue weighted by molar-refractivity contribution is 4.82. The molecule has 0 aromatic rings. The van der Waals surface area contributed by atoms with E-state index in [-0.39, 0.29) is 5.41 Å². The Bertz CT molecular complexity index is 198. The van der Waals surface area contributed by atoms with Crippen LogP contribution in [0.2, 0.25) is 0 Å². The van der Waals surface area contributed by atoms with Gasteiger partial charge in [0.05, 0.1) is 13.2 Å². The van der Waals surface area contributed by atoms with Crippen LogP contribution in [-0.2, 0) is 9.47 Å². The maximum Gasteiger partial charge on any atom is 0.0543 e. The van der Waals surface area contributed by atoms with E-state index in [0.717, 1.165) is 26.4 Å². The van der Waals surface area contributed by atoms with E-state index in [1.54, 1.807) is 0 Å². The summed E-state index contributed by atoms with van der Waals surface area (Å²) in [5.41, 5.74) is 8.10. The van der Waals surface area contributed by atoms with Crippen LogP contribution in [0.5, 0.6) is 0 Å². The molecule has 5 heteroatoms. The number of azide groups is 1. The average Bonchev–Trinajstić information content (AvgIpc) is 2.69. The predicted molar refractivity (Wildman–Crippen MR) is 53.0 cm³/mol. The molecule has 0 bridgehead atoms. The molecule has 0 N–H and O–H groups in total. The molecule has 5 nitrogen and oxygen atoms in total. The zero-order valence-electron chi connectivity index (χ0n) is 8.61. The minimum absolute atomic E-state index is 0.131. The number of ether oxygens (including phenoxy) is 2. The molecule has 0 aromatic heterocycles. The van der Waals surface area contributed by atoms with E-state index in [2.05, 4.69) is 10.0 Å². The highest BCUT2D eigenvalue weighted by atomic mass is 16.5. The molecule has 2 aliphatic heterocycles. The molecule has 2 fully saturated rings. The van der Waals surface area contributed by atoms with E-state index in [4.69, 9.17) is 15.0 Å². The fourth-order valence-electron chi connectivity index (χ4n) is 1.25. The van der Waals surface area contributed by atoms with Crippen LogP contribution in [0.15, 0.2) is 5.11 Å². The van der Waals surface area contributed by atoms with Gasteiger partial charge in [-0.3, -0.25) is 0 Å². The molecule has 0 spiro atoms. The van der Waals surface area contributed by atoms with E-state index in [1.807, 2.05) is 6.92 Å². The summed E-state index contributed by atoms with van der Waals surface area (Å²) >= 11 is 0. The van der Waals surface area contributed by atoms with E-state index in [0.29, 0.717) is 6.54 Å². The van der Waals surface area contributed by atoms with Crippen LogP contribution in [0.3, 0.4) is 0 Å². The van der Waals surface area contributed by atoms with Gasteiger partial charge in [-0.2, -0.15) is 0 Å². The normalized spacial score (nSPS) is 22.6. The van der Waals surface area contributed by atoms with Crippen LogP contribution in [0.1, 0.15) is 19.8 Å². The molecule has 80 valence electrons. The van der Waals surface area contributed by atoms with Crippen LogP contribution in [0, 0.1) is 5.41 Å². The van der Waals surface area contributed by atoms with Crippen molar-refractivity contribution in [2.75, 3.05) is 33.0 Å². The molecule has 0 unspecified atom stereocenters. The van der Waals surface area contributed by atoms with Crippen LogP contribution in [-0.4, -0.2) is 33.0 Å². The third-order valence-corrected chi connectivity index (χ3v) is 2.24. The molecule has 0 aliphatic carbocycles. The minimum Gasteiger partial charge on any atom is -0.381 e. The standard InChI is InChI=1S/C5H9N3O.C4H8O/c1-5(2-7-8-6)3-9-4-5;1-2-4-5-3-1/h2-4H2,1H3;1-4H2. The lowest BCUT2D eigenvalue weighted by molar-refractivity contribution is -0.0946. The summed E-state index contributed by atoms with van der Waals surface area (Å²) < 4.78 is 9.90. The molecule has 2 saturated heterocycles. The van der Waals surface area contributed by atoms with Crippen LogP contribution < -0.4 is 0 Å². The van der Waals surface area contributed by atoms with E-state index < -0.39 is 0 Å². The number of nitrogens with zero attached hydrogens (tertiary/aromatic N) is 3. The zero-order chi connectivity index (χ0) is 10.3. The van der Waals surface area contributed by atoms with E-state index in [9.17, 15) is 0 Å². The quantitative estimate of drug-likeness (QED) is 0.388. The topological polar surface area (TPSA) is 67.2 Å². The second-order valence-electron chi connectivity index (χ2n) is 4.01. The molecule has 0 saturated carbocycles. The van der Waals surface area contributed by atoms with Crippen LogP contribution in [0.4, 0.5) is 0 Å². The van der Waals surface area contributed by atoms with Gasteiger partial charge in [-0.15, -0.1) is 0 Å². The first kappa shape index (κ1) is 11.3. The molecule has 14 heavy (non-hydrogen) atoms. The molecular formula is C9H17N3O2. The summed E-state index contributed by atoms with van der Waals surface area (Å²) in [6, 6.07) is 0. The maximum atomic E-state index is 7.97. The van der Waals surface area contributed by atoms with Crippen molar-refractivity contribution in [1.29, 1.82) is 0 Å². The highest BCUT2D eigenvalue weighted by Gasteiger charge is 2.32. The summed E-state index contributed by atoms with van der Waals surface area (Å²) in [6.45, 7) is 6.06. The van der Waals surface area contributed by atoms with E-state index >= 15 is 0 Å². The summed E-state index contributed by atoms with van der Waals surface area (Å²) in [5.74, 6) is 0. The van der Waals surface area contributed by atoms with Gasteiger partial charge in [-0.1, -0.05) is 12.0 Å². The Hall–Kier alpha value is -0.770. The Morgan fingerprint density at radius 3 is 2.21 bits per heavy atom. The Morgan fingerprint density at radius 1 is 1.29 bits per heavy atom. The lowest BCUT2D eigenvalue weighted by Gasteiger charge is -2.36. The summed E-state index contributed by atoms with van der Waals surface area (Å²) in [6.07, 6.45) is 2.56. The Morgan fingerprint density at radius 2 is 1.93 bits per heavy atom. The number of hydrogen-bond donors (Lipinski definition) is 0. The lowest BCUT2D eigenvalue weighted by Crippen LogP contribution is -2.42. The molecule has 0 aromatic carbocycles. The van der Waals surface area contributed by atoms with E-state index in [1.165, 1.54) is 12.8 Å². The van der Waals surface area contributed by atoms with Crippen molar-refractivity contribution in [2.24, 2.45) is 10.5 Å². The first-order chi connectivity index (χ1) is 6.77. The first-order valence-corrected chi connectivity index (χ1v) is 4.93. The van der Waals surface area contributed by atoms with Crippen molar-refractivity contribution in [2.45, 2.75) is 19.8 Å². The van der Waals surface area contributed by atoms with Crippen molar-refractivity contribution in [1.82, 2.24) is 0 Å². The van der Waals surface area contributed by atoms with Gasteiger partial charge in [0.1, 0.15) is 0 Å².